The Morgan fingerprint density at radius 1 is 0.806 bits per heavy atom. The number of hydrogen-bond donors (Lipinski definition) is 2. The molecular formula is C24H22FNO5. The molecule has 0 aliphatic carbocycles. The molecule has 0 unspecified atom stereocenters. The van der Waals surface area contributed by atoms with Gasteiger partial charge in [0.1, 0.15) is 17.7 Å². The Kier molecular flexibility index (Phi) is 7.35. The number of hydrogen-bond acceptors (Lipinski definition) is 4. The van der Waals surface area contributed by atoms with E-state index in [2.05, 4.69) is 53.4 Å². The number of carboxylic acids is 2. The van der Waals surface area contributed by atoms with Crippen LogP contribution in [0.4, 0.5) is 4.39 Å². The summed E-state index contributed by atoms with van der Waals surface area (Å²) < 4.78 is 18.9. The molecule has 0 saturated carbocycles. The topological polar surface area (TPSA) is 87.1 Å². The van der Waals surface area contributed by atoms with Gasteiger partial charge in [-0.05, 0) is 35.4 Å². The first-order chi connectivity index (χ1) is 14.9. The number of benzene rings is 3. The fraction of sp³-hybridized carbons (Fsp3) is 0.167. The van der Waals surface area contributed by atoms with E-state index in [1.807, 2.05) is 12.1 Å². The minimum Gasteiger partial charge on any atom is -0.488 e. The van der Waals surface area contributed by atoms with Crippen molar-refractivity contribution in [2.75, 3.05) is 13.1 Å². The second-order valence-electron chi connectivity index (χ2n) is 6.98. The maximum atomic E-state index is 13.0. The third-order valence-corrected chi connectivity index (χ3v) is 4.77. The van der Waals surface area contributed by atoms with Crippen LogP contribution >= 0.6 is 0 Å². The van der Waals surface area contributed by atoms with E-state index in [9.17, 15) is 4.39 Å². The van der Waals surface area contributed by atoms with Crippen LogP contribution in [0.1, 0.15) is 17.2 Å². The van der Waals surface area contributed by atoms with Crippen molar-refractivity contribution in [1.29, 1.82) is 0 Å². The number of halogens is 1. The monoisotopic (exact) mass is 423 g/mol. The Hall–Kier alpha value is -3.71. The van der Waals surface area contributed by atoms with E-state index in [4.69, 9.17) is 24.5 Å². The molecule has 160 valence electrons. The standard InChI is InChI=1S/C22H20FNO.C2H2O4/c23-19-11-13-20(14-12-19)25-21-15-24(16-21)22(17-7-3-1-4-8-17)18-9-5-2-6-10-18;3-1(4)2(5)6/h1-14,21-22H,15-16H2;(H,3,4)(H,5,6). The Morgan fingerprint density at radius 2 is 1.26 bits per heavy atom. The van der Waals surface area contributed by atoms with Gasteiger partial charge in [-0.25, -0.2) is 14.0 Å². The summed E-state index contributed by atoms with van der Waals surface area (Å²) in [6.45, 7) is 1.71. The van der Waals surface area contributed by atoms with Gasteiger partial charge in [0.05, 0.1) is 6.04 Å². The zero-order valence-electron chi connectivity index (χ0n) is 16.6. The van der Waals surface area contributed by atoms with Crippen LogP contribution < -0.4 is 4.74 Å². The molecular weight excluding hydrogens is 401 g/mol. The Labute approximate surface area is 179 Å². The lowest BCUT2D eigenvalue weighted by atomic mass is 9.94. The Bertz CT molecular complexity index is 938. The zero-order chi connectivity index (χ0) is 22.2. The van der Waals surface area contributed by atoms with Crippen LogP contribution in [0.15, 0.2) is 84.9 Å². The van der Waals surface area contributed by atoms with Gasteiger partial charge in [0, 0.05) is 13.1 Å². The summed E-state index contributed by atoms with van der Waals surface area (Å²) in [4.78, 5) is 20.6. The highest BCUT2D eigenvalue weighted by Gasteiger charge is 2.35. The summed E-state index contributed by atoms with van der Waals surface area (Å²) >= 11 is 0. The van der Waals surface area contributed by atoms with E-state index < -0.39 is 11.9 Å². The third-order valence-electron chi connectivity index (χ3n) is 4.77. The predicted molar refractivity (Wildman–Crippen MR) is 112 cm³/mol. The van der Waals surface area contributed by atoms with Crippen LogP contribution in [0.25, 0.3) is 0 Å². The lowest BCUT2D eigenvalue weighted by Crippen LogP contribution is -2.55. The maximum absolute atomic E-state index is 13.0. The smallest absolute Gasteiger partial charge is 0.414 e. The van der Waals surface area contributed by atoms with Gasteiger partial charge in [0.15, 0.2) is 0 Å². The van der Waals surface area contributed by atoms with Gasteiger partial charge >= 0.3 is 11.9 Å². The van der Waals surface area contributed by atoms with Gasteiger partial charge < -0.3 is 14.9 Å². The molecule has 3 aromatic carbocycles. The SMILES string of the molecule is Fc1ccc(OC2CN(C(c3ccccc3)c3ccccc3)C2)cc1.O=C(O)C(=O)O. The molecule has 0 bridgehead atoms. The Balaban J connectivity index is 0.000000401. The summed E-state index contributed by atoms with van der Waals surface area (Å²) in [7, 11) is 0. The lowest BCUT2D eigenvalue weighted by Gasteiger charge is -2.44. The second kappa shape index (κ2) is 10.4. The van der Waals surface area contributed by atoms with Crippen molar-refractivity contribution >= 4 is 11.9 Å². The highest BCUT2D eigenvalue weighted by molar-refractivity contribution is 6.27. The summed E-state index contributed by atoms with van der Waals surface area (Å²) in [6.07, 6.45) is 0.139. The first-order valence-electron chi connectivity index (χ1n) is 9.66. The summed E-state index contributed by atoms with van der Waals surface area (Å²) in [5.74, 6) is -3.16. The average molecular weight is 423 g/mol. The summed E-state index contributed by atoms with van der Waals surface area (Å²) in [6, 6.07) is 27.6. The van der Waals surface area contributed by atoms with Crippen molar-refractivity contribution in [1.82, 2.24) is 4.90 Å². The summed E-state index contributed by atoms with van der Waals surface area (Å²) in [5.41, 5.74) is 2.57. The van der Waals surface area contributed by atoms with Crippen molar-refractivity contribution in [3.63, 3.8) is 0 Å². The molecule has 3 aromatic rings. The van der Waals surface area contributed by atoms with E-state index in [1.54, 1.807) is 12.1 Å². The highest BCUT2D eigenvalue weighted by atomic mass is 19.1. The molecule has 1 heterocycles. The lowest BCUT2D eigenvalue weighted by molar-refractivity contribution is -0.159. The molecule has 0 aromatic heterocycles. The second-order valence-corrected chi connectivity index (χ2v) is 6.98. The number of aliphatic carboxylic acids is 2. The first-order valence-corrected chi connectivity index (χ1v) is 9.66. The number of likely N-dealkylation sites (tertiary alicyclic amines) is 1. The van der Waals surface area contributed by atoms with Crippen LogP contribution in [0.2, 0.25) is 0 Å². The molecule has 0 amide bonds. The number of carboxylic acid groups (broad SMARTS) is 2. The van der Waals surface area contributed by atoms with E-state index in [0.717, 1.165) is 18.8 Å². The largest absolute Gasteiger partial charge is 0.488 e. The molecule has 31 heavy (non-hydrogen) atoms. The normalized spacial score (nSPS) is 13.6. The number of nitrogens with zero attached hydrogens (tertiary/aromatic N) is 1. The van der Waals surface area contributed by atoms with Gasteiger partial charge in [-0.3, -0.25) is 4.90 Å². The van der Waals surface area contributed by atoms with E-state index in [0.29, 0.717) is 0 Å². The molecule has 0 atom stereocenters. The van der Waals surface area contributed by atoms with Crippen LogP contribution in [0, 0.1) is 5.82 Å². The average Bonchev–Trinajstić information content (AvgIpc) is 2.75. The molecule has 7 heteroatoms. The van der Waals surface area contributed by atoms with Crippen molar-refractivity contribution in [2.24, 2.45) is 0 Å². The number of rotatable bonds is 5. The maximum Gasteiger partial charge on any atom is 0.414 e. The highest BCUT2D eigenvalue weighted by Crippen LogP contribution is 2.33. The molecule has 4 rings (SSSR count). The van der Waals surface area contributed by atoms with E-state index in [-0.39, 0.29) is 18.0 Å². The minimum atomic E-state index is -1.82. The van der Waals surface area contributed by atoms with Crippen LogP contribution in [-0.4, -0.2) is 46.2 Å². The van der Waals surface area contributed by atoms with Crippen LogP contribution in [0.5, 0.6) is 5.75 Å². The molecule has 6 nitrogen and oxygen atoms in total. The zero-order valence-corrected chi connectivity index (χ0v) is 16.6. The molecule has 1 fully saturated rings. The number of carbonyl (C=O) groups is 2. The van der Waals surface area contributed by atoms with Gasteiger partial charge in [-0.2, -0.15) is 0 Å². The first kappa shape index (κ1) is 22.0. The van der Waals surface area contributed by atoms with Gasteiger partial charge in [-0.1, -0.05) is 60.7 Å². The Morgan fingerprint density at radius 3 is 1.68 bits per heavy atom. The van der Waals surface area contributed by atoms with Crippen molar-refractivity contribution in [2.45, 2.75) is 12.1 Å². The molecule has 1 aliphatic heterocycles. The van der Waals surface area contributed by atoms with Gasteiger partial charge in [-0.15, -0.1) is 0 Å². The van der Waals surface area contributed by atoms with Crippen LogP contribution in [-0.2, 0) is 9.59 Å². The van der Waals surface area contributed by atoms with Crippen LogP contribution in [0.3, 0.4) is 0 Å². The molecule has 1 aliphatic rings. The quantitative estimate of drug-likeness (QED) is 0.607. The summed E-state index contributed by atoms with van der Waals surface area (Å²) in [5, 5.41) is 14.8. The fourth-order valence-corrected chi connectivity index (χ4v) is 3.35. The van der Waals surface area contributed by atoms with Crippen molar-refractivity contribution < 1.29 is 28.9 Å². The van der Waals surface area contributed by atoms with Gasteiger partial charge in [0.25, 0.3) is 0 Å². The van der Waals surface area contributed by atoms with Gasteiger partial charge in [0.2, 0.25) is 0 Å². The molecule has 1 saturated heterocycles. The number of ether oxygens (including phenoxy) is 1. The fourth-order valence-electron chi connectivity index (χ4n) is 3.35. The van der Waals surface area contributed by atoms with E-state index in [1.165, 1.54) is 23.3 Å². The molecule has 0 radical (unpaired) electrons. The van der Waals surface area contributed by atoms with Crippen molar-refractivity contribution in [3.8, 4) is 5.75 Å². The molecule has 2 N–H and O–H groups in total. The van der Waals surface area contributed by atoms with E-state index >= 15 is 0 Å². The molecule has 0 spiro atoms. The third kappa shape index (κ3) is 6.13. The predicted octanol–water partition coefficient (Wildman–Crippen LogP) is 3.83. The minimum absolute atomic E-state index is 0.139. The van der Waals surface area contributed by atoms with Crippen molar-refractivity contribution in [3.05, 3.63) is 102 Å².